The van der Waals surface area contributed by atoms with Gasteiger partial charge in [-0.2, -0.15) is 0 Å². The van der Waals surface area contributed by atoms with Gasteiger partial charge in [-0.1, -0.05) is 51.5 Å². The fraction of sp³-hybridized carbons (Fsp3) is 0.714. The van der Waals surface area contributed by atoms with Crippen LogP contribution < -0.4 is 14.8 Å². The molecule has 3 fully saturated rings. The number of nitrogens with one attached hydrogen (secondary N) is 1. The number of carbonyl (C=O) groups excluding carboxylic acids is 2. The molecule has 1 spiro atoms. The van der Waals surface area contributed by atoms with E-state index in [4.69, 9.17) is 9.47 Å². The number of hydrogen-bond donors (Lipinski definition) is 1. The highest BCUT2D eigenvalue weighted by Crippen LogP contribution is 2.37. The predicted octanol–water partition coefficient (Wildman–Crippen LogP) is 3.89. The SMILES string of the molecule is CCCCN1C(=O)[C@@H](CC2CCCCC2)NC(=O)C12CCN(Cc1ccc3c(c1)OCCO3)CC2. The zero-order valence-electron chi connectivity index (χ0n) is 21.2. The second kappa shape index (κ2) is 10.8. The standard InChI is InChI=1S/C28H41N3O4/c1-2-3-13-31-26(32)23(18-21-7-5-4-6-8-21)29-27(33)28(31)11-14-30(15-12-28)20-22-9-10-24-25(19-22)35-17-16-34-24/h9-10,19,21,23H,2-8,11-18,20H2,1H3,(H,29,33)/t23-/m1/s1. The number of likely N-dealkylation sites (tertiary alicyclic amines) is 1. The van der Waals surface area contributed by atoms with Crippen LogP contribution >= 0.6 is 0 Å². The number of fused-ring (bicyclic) bond motifs is 1. The van der Waals surface area contributed by atoms with Crippen LogP contribution in [0.1, 0.15) is 76.7 Å². The monoisotopic (exact) mass is 483 g/mol. The van der Waals surface area contributed by atoms with E-state index in [2.05, 4.69) is 29.3 Å². The summed E-state index contributed by atoms with van der Waals surface area (Å²) in [4.78, 5) is 31.7. The summed E-state index contributed by atoms with van der Waals surface area (Å²) in [5.74, 6) is 2.42. The lowest BCUT2D eigenvalue weighted by atomic mass is 9.79. The number of benzene rings is 1. The van der Waals surface area contributed by atoms with Gasteiger partial charge in [-0.3, -0.25) is 14.5 Å². The van der Waals surface area contributed by atoms with E-state index in [0.29, 0.717) is 38.5 Å². The highest BCUT2D eigenvalue weighted by molar-refractivity contribution is 6.00. The highest BCUT2D eigenvalue weighted by Gasteiger charge is 2.53. The zero-order chi connectivity index (χ0) is 24.3. The van der Waals surface area contributed by atoms with Crippen molar-refractivity contribution in [2.24, 2.45) is 5.92 Å². The predicted molar refractivity (Wildman–Crippen MR) is 134 cm³/mol. The Morgan fingerprint density at radius 2 is 1.77 bits per heavy atom. The number of ether oxygens (including phenoxy) is 2. The first-order valence-corrected chi connectivity index (χ1v) is 13.8. The third-order valence-electron chi connectivity index (χ3n) is 8.53. The van der Waals surface area contributed by atoms with Gasteiger partial charge in [0, 0.05) is 26.2 Å². The lowest BCUT2D eigenvalue weighted by molar-refractivity contribution is -0.162. The molecular weight excluding hydrogens is 442 g/mol. The molecule has 1 aliphatic carbocycles. The van der Waals surface area contributed by atoms with E-state index in [9.17, 15) is 9.59 Å². The summed E-state index contributed by atoms with van der Waals surface area (Å²) in [5.41, 5.74) is 0.489. The summed E-state index contributed by atoms with van der Waals surface area (Å²) in [5, 5.41) is 3.20. The van der Waals surface area contributed by atoms with Crippen LogP contribution in [-0.4, -0.2) is 66.0 Å². The fourth-order valence-electron chi connectivity index (χ4n) is 6.45. The second-order valence-corrected chi connectivity index (χ2v) is 10.9. The average molecular weight is 484 g/mol. The average Bonchev–Trinajstić information content (AvgIpc) is 2.89. The van der Waals surface area contributed by atoms with E-state index >= 15 is 0 Å². The molecule has 5 rings (SSSR count). The quantitative estimate of drug-likeness (QED) is 0.637. The van der Waals surface area contributed by atoms with Gasteiger partial charge in [0.15, 0.2) is 11.5 Å². The number of rotatable bonds is 7. The van der Waals surface area contributed by atoms with E-state index in [1.165, 1.54) is 37.7 Å². The summed E-state index contributed by atoms with van der Waals surface area (Å²) in [6.07, 6.45) is 10.3. The van der Waals surface area contributed by atoms with E-state index in [0.717, 1.165) is 50.4 Å². The molecule has 7 nitrogen and oxygen atoms in total. The molecule has 7 heteroatoms. The number of hydrogen-bond acceptors (Lipinski definition) is 5. The molecule has 1 aromatic rings. The maximum atomic E-state index is 13.7. The molecule has 1 atom stereocenters. The van der Waals surface area contributed by atoms with Crippen LogP contribution in [0.2, 0.25) is 0 Å². The summed E-state index contributed by atoms with van der Waals surface area (Å²) >= 11 is 0. The topological polar surface area (TPSA) is 71.1 Å². The van der Waals surface area contributed by atoms with Crippen molar-refractivity contribution in [1.29, 1.82) is 0 Å². The number of piperazine rings is 1. The minimum absolute atomic E-state index is 0.0768. The Hall–Kier alpha value is -2.28. The zero-order valence-corrected chi connectivity index (χ0v) is 21.2. The van der Waals surface area contributed by atoms with Gasteiger partial charge in [-0.05, 0) is 49.3 Å². The van der Waals surface area contributed by atoms with Crippen LogP contribution in [0.15, 0.2) is 18.2 Å². The van der Waals surface area contributed by atoms with Crippen molar-refractivity contribution in [1.82, 2.24) is 15.1 Å². The fourth-order valence-corrected chi connectivity index (χ4v) is 6.45. The van der Waals surface area contributed by atoms with Crippen molar-refractivity contribution in [3.05, 3.63) is 23.8 Å². The lowest BCUT2D eigenvalue weighted by Gasteiger charge is -2.52. The minimum atomic E-state index is -0.696. The maximum Gasteiger partial charge on any atom is 0.246 e. The molecule has 1 N–H and O–H groups in total. The van der Waals surface area contributed by atoms with Crippen LogP contribution in [0.5, 0.6) is 11.5 Å². The van der Waals surface area contributed by atoms with Crippen LogP contribution in [0, 0.1) is 5.92 Å². The van der Waals surface area contributed by atoms with E-state index in [-0.39, 0.29) is 17.9 Å². The molecule has 0 unspecified atom stereocenters. The number of unbranched alkanes of at least 4 members (excludes halogenated alkanes) is 1. The Balaban J connectivity index is 1.25. The van der Waals surface area contributed by atoms with Gasteiger partial charge < -0.3 is 19.7 Å². The highest BCUT2D eigenvalue weighted by atomic mass is 16.6. The van der Waals surface area contributed by atoms with Crippen LogP contribution in [0.3, 0.4) is 0 Å². The molecule has 4 aliphatic rings. The third kappa shape index (κ3) is 5.16. The van der Waals surface area contributed by atoms with Crippen molar-refractivity contribution < 1.29 is 19.1 Å². The molecule has 3 heterocycles. The first-order valence-electron chi connectivity index (χ1n) is 13.8. The van der Waals surface area contributed by atoms with E-state index < -0.39 is 5.54 Å². The van der Waals surface area contributed by atoms with Gasteiger partial charge in [0.25, 0.3) is 0 Å². The van der Waals surface area contributed by atoms with Crippen molar-refractivity contribution in [2.45, 2.75) is 89.3 Å². The van der Waals surface area contributed by atoms with Crippen molar-refractivity contribution in [2.75, 3.05) is 32.8 Å². The molecule has 2 amide bonds. The van der Waals surface area contributed by atoms with Crippen molar-refractivity contribution in [3.63, 3.8) is 0 Å². The molecule has 0 aromatic heterocycles. The molecule has 0 radical (unpaired) electrons. The summed E-state index contributed by atoms with van der Waals surface area (Å²) in [7, 11) is 0. The van der Waals surface area contributed by atoms with Crippen LogP contribution in [0.25, 0.3) is 0 Å². The Morgan fingerprint density at radius 1 is 1.03 bits per heavy atom. The van der Waals surface area contributed by atoms with Crippen LogP contribution in [-0.2, 0) is 16.1 Å². The molecule has 192 valence electrons. The number of amides is 2. The van der Waals surface area contributed by atoms with Crippen LogP contribution in [0.4, 0.5) is 0 Å². The Kier molecular flexibility index (Phi) is 7.51. The Morgan fingerprint density at radius 3 is 2.51 bits per heavy atom. The normalized spacial score (nSPS) is 25.1. The molecule has 1 aromatic carbocycles. The second-order valence-electron chi connectivity index (χ2n) is 10.9. The van der Waals surface area contributed by atoms with Gasteiger partial charge >= 0.3 is 0 Å². The Labute approximate surface area is 209 Å². The van der Waals surface area contributed by atoms with E-state index in [1.807, 2.05) is 11.0 Å². The smallest absolute Gasteiger partial charge is 0.246 e. The maximum absolute atomic E-state index is 13.7. The molecule has 3 aliphatic heterocycles. The molecule has 2 saturated heterocycles. The molecule has 35 heavy (non-hydrogen) atoms. The number of nitrogens with zero attached hydrogens (tertiary/aromatic N) is 2. The third-order valence-corrected chi connectivity index (χ3v) is 8.53. The Bertz CT molecular complexity index is 905. The van der Waals surface area contributed by atoms with Gasteiger partial charge in [-0.25, -0.2) is 0 Å². The summed E-state index contributed by atoms with van der Waals surface area (Å²) in [6, 6.07) is 5.81. The summed E-state index contributed by atoms with van der Waals surface area (Å²) < 4.78 is 11.4. The van der Waals surface area contributed by atoms with E-state index in [1.54, 1.807) is 0 Å². The minimum Gasteiger partial charge on any atom is -0.486 e. The first kappa shape index (κ1) is 24.4. The first-order chi connectivity index (χ1) is 17.1. The molecule has 0 bridgehead atoms. The van der Waals surface area contributed by atoms with Gasteiger partial charge in [0.05, 0.1) is 0 Å². The van der Waals surface area contributed by atoms with Gasteiger partial charge in [0.1, 0.15) is 24.8 Å². The summed E-state index contributed by atoms with van der Waals surface area (Å²) in [6.45, 7) is 6.42. The largest absolute Gasteiger partial charge is 0.486 e. The van der Waals surface area contributed by atoms with Gasteiger partial charge in [-0.15, -0.1) is 0 Å². The number of piperidine rings is 1. The molecular formula is C28H41N3O4. The number of carbonyl (C=O) groups is 2. The molecule has 1 saturated carbocycles. The van der Waals surface area contributed by atoms with Crippen molar-refractivity contribution >= 4 is 11.8 Å². The van der Waals surface area contributed by atoms with Gasteiger partial charge in [0.2, 0.25) is 11.8 Å². The van der Waals surface area contributed by atoms with Crippen molar-refractivity contribution in [3.8, 4) is 11.5 Å². The lowest BCUT2D eigenvalue weighted by Crippen LogP contribution is -2.73.